The zero-order chi connectivity index (χ0) is 15.2. The highest BCUT2D eigenvalue weighted by atomic mass is 19.1. The number of ether oxygens (including phenoxy) is 2. The van der Waals surface area contributed by atoms with Crippen LogP contribution in [0.1, 0.15) is 31.1 Å². The van der Waals surface area contributed by atoms with Crippen LogP contribution in [-0.4, -0.2) is 5.97 Å². The standard InChI is InChI=1S/C17H17FO3/c1-12(21-13(2)19)16-9-8-15(10-17(16)18)20-11-14-6-4-3-5-7-14/h3-10,12H,11H2,1-2H3. The van der Waals surface area contributed by atoms with Gasteiger partial charge in [0.2, 0.25) is 0 Å². The summed E-state index contributed by atoms with van der Waals surface area (Å²) < 4.78 is 24.5. The van der Waals surface area contributed by atoms with Crippen LogP contribution in [0.3, 0.4) is 0 Å². The van der Waals surface area contributed by atoms with Crippen molar-refractivity contribution in [3.63, 3.8) is 0 Å². The van der Waals surface area contributed by atoms with Gasteiger partial charge in [0.15, 0.2) is 0 Å². The van der Waals surface area contributed by atoms with Gasteiger partial charge < -0.3 is 9.47 Å². The number of carbonyl (C=O) groups excluding carboxylic acids is 1. The van der Waals surface area contributed by atoms with Gasteiger partial charge in [0.1, 0.15) is 24.3 Å². The fourth-order valence-electron chi connectivity index (χ4n) is 1.98. The second-order valence-corrected chi connectivity index (χ2v) is 4.71. The van der Waals surface area contributed by atoms with E-state index >= 15 is 0 Å². The molecule has 1 unspecified atom stereocenters. The topological polar surface area (TPSA) is 35.5 Å². The van der Waals surface area contributed by atoms with Crippen molar-refractivity contribution < 1.29 is 18.7 Å². The summed E-state index contributed by atoms with van der Waals surface area (Å²) in [6.07, 6.45) is -0.620. The molecule has 0 spiro atoms. The molecule has 0 aliphatic carbocycles. The molecule has 4 heteroatoms. The summed E-state index contributed by atoms with van der Waals surface area (Å²) in [5.41, 5.74) is 1.34. The summed E-state index contributed by atoms with van der Waals surface area (Å²) in [7, 11) is 0. The molecule has 0 aliphatic heterocycles. The Kier molecular flexibility index (Phi) is 4.93. The molecule has 3 nitrogen and oxygen atoms in total. The minimum Gasteiger partial charge on any atom is -0.489 e. The highest BCUT2D eigenvalue weighted by Gasteiger charge is 2.14. The number of esters is 1. The van der Waals surface area contributed by atoms with Gasteiger partial charge in [-0.2, -0.15) is 0 Å². The summed E-state index contributed by atoms with van der Waals surface area (Å²) in [6, 6.07) is 14.2. The predicted molar refractivity (Wildman–Crippen MR) is 77.4 cm³/mol. The lowest BCUT2D eigenvalue weighted by Crippen LogP contribution is -2.07. The van der Waals surface area contributed by atoms with Crippen molar-refractivity contribution in [1.82, 2.24) is 0 Å². The summed E-state index contributed by atoms with van der Waals surface area (Å²) in [6.45, 7) is 3.30. The monoisotopic (exact) mass is 288 g/mol. The van der Waals surface area contributed by atoms with Gasteiger partial charge in [-0.3, -0.25) is 4.79 Å². The lowest BCUT2D eigenvalue weighted by molar-refractivity contribution is -0.145. The third-order valence-electron chi connectivity index (χ3n) is 3.00. The highest BCUT2D eigenvalue weighted by molar-refractivity contribution is 5.66. The summed E-state index contributed by atoms with van der Waals surface area (Å²) in [5, 5.41) is 0. The molecule has 0 N–H and O–H groups in total. The number of hydrogen-bond donors (Lipinski definition) is 0. The predicted octanol–water partition coefficient (Wildman–Crippen LogP) is 4.03. The van der Waals surface area contributed by atoms with Crippen molar-refractivity contribution in [3.05, 3.63) is 65.5 Å². The number of carbonyl (C=O) groups is 1. The van der Waals surface area contributed by atoms with E-state index in [2.05, 4.69) is 0 Å². The Morgan fingerprint density at radius 2 is 1.90 bits per heavy atom. The second kappa shape index (κ2) is 6.88. The van der Waals surface area contributed by atoms with Crippen molar-refractivity contribution in [1.29, 1.82) is 0 Å². The van der Waals surface area contributed by atoms with Gasteiger partial charge in [0.05, 0.1) is 0 Å². The van der Waals surface area contributed by atoms with Crippen LogP contribution < -0.4 is 4.74 Å². The molecule has 2 aromatic rings. The molecule has 1 atom stereocenters. The second-order valence-electron chi connectivity index (χ2n) is 4.71. The van der Waals surface area contributed by atoms with Crippen LogP contribution in [0, 0.1) is 5.82 Å². The largest absolute Gasteiger partial charge is 0.489 e. The average Bonchev–Trinajstić information content (AvgIpc) is 2.45. The maximum absolute atomic E-state index is 14.0. The molecular weight excluding hydrogens is 271 g/mol. The van der Waals surface area contributed by atoms with Crippen LogP contribution in [0.4, 0.5) is 4.39 Å². The summed E-state index contributed by atoms with van der Waals surface area (Å²) in [5.74, 6) is -0.448. The van der Waals surface area contributed by atoms with Crippen LogP contribution in [0.25, 0.3) is 0 Å². The van der Waals surface area contributed by atoms with Crippen LogP contribution in [-0.2, 0) is 16.1 Å². The lowest BCUT2D eigenvalue weighted by Gasteiger charge is -2.14. The summed E-state index contributed by atoms with van der Waals surface area (Å²) >= 11 is 0. The first-order chi connectivity index (χ1) is 10.1. The fraction of sp³-hybridized carbons (Fsp3) is 0.235. The van der Waals surface area contributed by atoms with Gasteiger partial charge in [-0.15, -0.1) is 0 Å². The minimum absolute atomic E-state index is 0.331. The molecule has 0 aromatic heterocycles. The molecule has 0 bridgehead atoms. The molecule has 0 saturated heterocycles. The number of halogens is 1. The maximum Gasteiger partial charge on any atom is 0.303 e. The first-order valence-electron chi connectivity index (χ1n) is 6.69. The molecule has 0 saturated carbocycles. The maximum atomic E-state index is 14.0. The lowest BCUT2D eigenvalue weighted by atomic mass is 10.1. The fourth-order valence-corrected chi connectivity index (χ4v) is 1.98. The number of benzene rings is 2. The molecule has 0 aliphatic rings. The Hall–Kier alpha value is -2.36. The van der Waals surface area contributed by atoms with E-state index in [9.17, 15) is 9.18 Å². The Morgan fingerprint density at radius 3 is 2.52 bits per heavy atom. The SMILES string of the molecule is CC(=O)OC(C)c1ccc(OCc2ccccc2)cc1F. The van der Waals surface area contributed by atoms with Crippen LogP contribution >= 0.6 is 0 Å². The Morgan fingerprint density at radius 1 is 1.19 bits per heavy atom. The zero-order valence-electron chi connectivity index (χ0n) is 12.0. The van der Waals surface area contributed by atoms with Gasteiger partial charge in [-0.25, -0.2) is 4.39 Å². The van der Waals surface area contributed by atoms with Gasteiger partial charge in [-0.1, -0.05) is 30.3 Å². The minimum atomic E-state index is -0.620. The van der Waals surface area contributed by atoms with E-state index in [0.29, 0.717) is 17.9 Å². The molecule has 2 rings (SSSR count). The van der Waals surface area contributed by atoms with E-state index in [1.807, 2.05) is 30.3 Å². The Labute approximate surface area is 123 Å². The quantitative estimate of drug-likeness (QED) is 0.779. The van der Waals surface area contributed by atoms with Crippen molar-refractivity contribution in [2.75, 3.05) is 0 Å². The molecule has 0 heterocycles. The third kappa shape index (κ3) is 4.31. The van der Waals surface area contributed by atoms with Crippen LogP contribution in [0.2, 0.25) is 0 Å². The molecule has 2 aromatic carbocycles. The molecule has 0 fully saturated rings. The van der Waals surface area contributed by atoms with Crippen molar-refractivity contribution in [2.45, 2.75) is 26.6 Å². The van der Waals surface area contributed by atoms with Crippen LogP contribution in [0.5, 0.6) is 5.75 Å². The van der Waals surface area contributed by atoms with Crippen molar-refractivity contribution in [3.8, 4) is 5.75 Å². The van der Waals surface area contributed by atoms with Crippen molar-refractivity contribution >= 4 is 5.97 Å². The zero-order valence-corrected chi connectivity index (χ0v) is 12.0. The van der Waals surface area contributed by atoms with E-state index in [-0.39, 0.29) is 0 Å². The highest BCUT2D eigenvalue weighted by Crippen LogP contribution is 2.24. The summed E-state index contributed by atoms with van der Waals surface area (Å²) in [4.78, 5) is 10.9. The Balaban J connectivity index is 2.03. The first kappa shape index (κ1) is 15.0. The van der Waals surface area contributed by atoms with Gasteiger partial charge in [-0.05, 0) is 24.6 Å². The first-order valence-corrected chi connectivity index (χ1v) is 6.69. The number of hydrogen-bond acceptors (Lipinski definition) is 3. The molecule has 110 valence electrons. The Bertz CT molecular complexity index is 611. The van der Waals surface area contributed by atoms with E-state index in [0.717, 1.165) is 5.56 Å². The molecule has 0 amide bonds. The average molecular weight is 288 g/mol. The smallest absolute Gasteiger partial charge is 0.303 e. The van der Waals surface area contributed by atoms with E-state index < -0.39 is 17.9 Å². The third-order valence-corrected chi connectivity index (χ3v) is 3.00. The number of rotatable bonds is 5. The molecular formula is C17H17FO3. The van der Waals surface area contributed by atoms with Crippen molar-refractivity contribution in [2.24, 2.45) is 0 Å². The van der Waals surface area contributed by atoms with E-state index in [1.165, 1.54) is 13.0 Å². The molecule has 0 radical (unpaired) electrons. The van der Waals surface area contributed by atoms with E-state index in [4.69, 9.17) is 9.47 Å². The van der Waals surface area contributed by atoms with Gasteiger partial charge in [0, 0.05) is 18.6 Å². The normalized spacial score (nSPS) is 11.8. The van der Waals surface area contributed by atoms with Gasteiger partial charge >= 0.3 is 5.97 Å². The van der Waals surface area contributed by atoms with Gasteiger partial charge in [0.25, 0.3) is 0 Å². The molecule has 21 heavy (non-hydrogen) atoms. The van der Waals surface area contributed by atoms with Crippen LogP contribution in [0.15, 0.2) is 48.5 Å². The van der Waals surface area contributed by atoms with E-state index in [1.54, 1.807) is 19.1 Å².